The number of benzene rings is 1. The average molecular weight is 264 g/mol. The molecule has 1 aromatic carbocycles. The van der Waals surface area contributed by atoms with Crippen molar-refractivity contribution in [1.29, 1.82) is 0 Å². The van der Waals surface area contributed by atoms with E-state index in [0.717, 1.165) is 25.3 Å². The molecule has 3 rings (SSSR count). The minimum Gasteiger partial charge on any atom is -0.389 e. The van der Waals surface area contributed by atoms with Gasteiger partial charge in [-0.2, -0.15) is 0 Å². The number of fused-ring (bicyclic) bond motifs is 1. The Labute approximate surface area is 113 Å². The molecule has 2 aliphatic rings. The average Bonchev–Trinajstić information content (AvgIpc) is 2.85. The lowest BCUT2D eigenvalue weighted by atomic mass is 10.0. The molecule has 0 amide bonds. The largest absolute Gasteiger partial charge is 0.389 e. The number of hydrogen-bond acceptors (Lipinski definition) is 3. The first-order valence-corrected chi connectivity index (χ1v) is 7.11. The number of anilines is 1. The number of rotatable bonds is 2. The molecule has 2 aliphatic heterocycles. The van der Waals surface area contributed by atoms with Gasteiger partial charge in [-0.25, -0.2) is 4.39 Å². The minimum atomic E-state index is -0.632. The summed E-state index contributed by atoms with van der Waals surface area (Å²) in [7, 11) is 0. The van der Waals surface area contributed by atoms with Gasteiger partial charge >= 0.3 is 0 Å². The fraction of sp³-hybridized carbons (Fsp3) is 0.600. The summed E-state index contributed by atoms with van der Waals surface area (Å²) in [5.41, 5.74) is 1.69. The maximum Gasteiger partial charge on any atom is 0.123 e. The number of aliphatic hydroxyl groups excluding tert-OH is 1. The zero-order chi connectivity index (χ0) is 13.4. The monoisotopic (exact) mass is 264 g/mol. The fourth-order valence-corrected chi connectivity index (χ4v) is 3.36. The Morgan fingerprint density at radius 1 is 1.32 bits per heavy atom. The van der Waals surface area contributed by atoms with Crippen molar-refractivity contribution in [3.05, 3.63) is 29.6 Å². The molecule has 4 heteroatoms. The van der Waals surface area contributed by atoms with Crippen molar-refractivity contribution >= 4 is 5.69 Å². The van der Waals surface area contributed by atoms with E-state index in [1.807, 2.05) is 6.07 Å². The quantitative estimate of drug-likeness (QED) is 0.887. The highest BCUT2D eigenvalue weighted by molar-refractivity contribution is 5.55. The third-order valence-corrected chi connectivity index (χ3v) is 4.37. The number of aliphatic hydroxyl groups is 1. The van der Waals surface area contributed by atoms with Gasteiger partial charge in [0.15, 0.2) is 0 Å². The van der Waals surface area contributed by atoms with Crippen LogP contribution in [0.15, 0.2) is 18.2 Å². The van der Waals surface area contributed by atoms with Crippen molar-refractivity contribution in [1.82, 2.24) is 4.90 Å². The molecule has 0 spiro atoms. The molecule has 0 aliphatic carbocycles. The summed E-state index contributed by atoms with van der Waals surface area (Å²) >= 11 is 0. The summed E-state index contributed by atoms with van der Waals surface area (Å²) in [6.45, 7) is 5.93. The summed E-state index contributed by atoms with van der Waals surface area (Å²) in [5, 5.41) is 9.84. The second-order valence-corrected chi connectivity index (χ2v) is 5.66. The molecule has 0 bridgehead atoms. The molecule has 1 unspecified atom stereocenters. The van der Waals surface area contributed by atoms with E-state index >= 15 is 0 Å². The third kappa shape index (κ3) is 2.47. The standard InChI is InChI=1S/C15H21FN2O/c1-11(19)14-9-12(16)4-5-15(14)18-8-7-17-6-2-3-13(17)10-18/h4-5,9,11,13,19H,2-3,6-8,10H2,1H3/t11-,13?/m1/s1. The third-order valence-electron chi connectivity index (χ3n) is 4.37. The first-order chi connectivity index (χ1) is 9.15. The van der Waals surface area contributed by atoms with Gasteiger partial charge in [0, 0.05) is 36.9 Å². The second kappa shape index (κ2) is 5.10. The zero-order valence-electron chi connectivity index (χ0n) is 11.3. The molecule has 2 atom stereocenters. The van der Waals surface area contributed by atoms with Crippen molar-refractivity contribution in [3.8, 4) is 0 Å². The number of nitrogens with zero attached hydrogens (tertiary/aromatic N) is 2. The molecule has 19 heavy (non-hydrogen) atoms. The highest BCUT2D eigenvalue weighted by Gasteiger charge is 2.31. The molecule has 0 radical (unpaired) electrons. The lowest BCUT2D eigenvalue weighted by Crippen LogP contribution is -2.50. The topological polar surface area (TPSA) is 26.7 Å². The molecular formula is C15H21FN2O. The number of piperazine rings is 1. The molecular weight excluding hydrogens is 243 g/mol. The van der Waals surface area contributed by atoms with Crippen molar-refractivity contribution in [2.75, 3.05) is 31.1 Å². The van der Waals surface area contributed by atoms with Gasteiger partial charge in [-0.15, -0.1) is 0 Å². The van der Waals surface area contributed by atoms with Crippen LogP contribution in [0.5, 0.6) is 0 Å². The van der Waals surface area contributed by atoms with Crippen molar-refractivity contribution in [3.63, 3.8) is 0 Å². The van der Waals surface area contributed by atoms with Gasteiger partial charge in [-0.3, -0.25) is 4.90 Å². The lowest BCUT2D eigenvalue weighted by molar-refractivity contribution is 0.197. The van der Waals surface area contributed by atoms with Gasteiger partial charge in [0.25, 0.3) is 0 Å². The van der Waals surface area contributed by atoms with Gasteiger partial charge in [0.2, 0.25) is 0 Å². The second-order valence-electron chi connectivity index (χ2n) is 5.66. The number of hydrogen-bond donors (Lipinski definition) is 1. The molecule has 0 saturated carbocycles. The van der Waals surface area contributed by atoms with Crippen LogP contribution in [0.2, 0.25) is 0 Å². The van der Waals surface area contributed by atoms with Gasteiger partial charge in [0.05, 0.1) is 6.10 Å². The van der Waals surface area contributed by atoms with Crippen LogP contribution >= 0.6 is 0 Å². The van der Waals surface area contributed by atoms with E-state index in [1.165, 1.54) is 31.5 Å². The van der Waals surface area contributed by atoms with Crippen LogP contribution < -0.4 is 4.90 Å². The Morgan fingerprint density at radius 3 is 2.95 bits per heavy atom. The van der Waals surface area contributed by atoms with E-state index < -0.39 is 6.10 Å². The molecule has 3 nitrogen and oxygen atoms in total. The van der Waals surface area contributed by atoms with Gasteiger partial charge < -0.3 is 10.0 Å². The summed E-state index contributed by atoms with van der Waals surface area (Å²) in [6, 6.07) is 5.38. The van der Waals surface area contributed by atoms with Gasteiger partial charge in [-0.1, -0.05) is 0 Å². The van der Waals surface area contributed by atoms with Crippen LogP contribution in [0.25, 0.3) is 0 Å². The molecule has 1 N–H and O–H groups in total. The van der Waals surface area contributed by atoms with Crippen molar-refractivity contribution in [2.45, 2.75) is 31.9 Å². The van der Waals surface area contributed by atoms with E-state index in [-0.39, 0.29) is 5.82 Å². The van der Waals surface area contributed by atoms with Crippen LogP contribution in [0.1, 0.15) is 31.4 Å². The Balaban J connectivity index is 1.85. The fourth-order valence-electron chi connectivity index (χ4n) is 3.36. The maximum absolute atomic E-state index is 13.4. The van der Waals surface area contributed by atoms with Crippen LogP contribution in [0.4, 0.5) is 10.1 Å². The maximum atomic E-state index is 13.4. The molecule has 104 valence electrons. The van der Waals surface area contributed by atoms with E-state index in [9.17, 15) is 9.50 Å². The number of halogens is 1. The van der Waals surface area contributed by atoms with E-state index in [2.05, 4.69) is 9.80 Å². The van der Waals surface area contributed by atoms with E-state index in [1.54, 1.807) is 6.92 Å². The van der Waals surface area contributed by atoms with Gasteiger partial charge in [0.1, 0.15) is 5.82 Å². The van der Waals surface area contributed by atoms with Crippen LogP contribution in [0, 0.1) is 5.82 Å². The lowest BCUT2D eigenvalue weighted by Gasteiger charge is -2.39. The Bertz CT molecular complexity index is 463. The van der Waals surface area contributed by atoms with Crippen molar-refractivity contribution < 1.29 is 9.50 Å². The molecule has 1 aromatic rings. The summed E-state index contributed by atoms with van der Waals surface area (Å²) in [4.78, 5) is 4.84. The normalized spacial score (nSPS) is 25.4. The van der Waals surface area contributed by atoms with E-state index in [4.69, 9.17) is 0 Å². The summed E-state index contributed by atoms with van der Waals surface area (Å²) < 4.78 is 13.4. The predicted molar refractivity (Wildman–Crippen MR) is 73.8 cm³/mol. The predicted octanol–water partition coefficient (Wildman–Crippen LogP) is 2.16. The molecule has 2 saturated heterocycles. The molecule has 2 fully saturated rings. The SMILES string of the molecule is C[C@@H](O)c1cc(F)ccc1N1CCN2CCCC2C1. The minimum absolute atomic E-state index is 0.279. The van der Waals surface area contributed by atoms with Crippen LogP contribution in [-0.4, -0.2) is 42.2 Å². The Morgan fingerprint density at radius 2 is 2.16 bits per heavy atom. The Hall–Kier alpha value is -1.13. The van der Waals surface area contributed by atoms with Crippen LogP contribution in [-0.2, 0) is 0 Å². The summed E-state index contributed by atoms with van der Waals surface area (Å²) in [6.07, 6.45) is 1.90. The molecule has 0 aromatic heterocycles. The first-order valence-electron chi connectivity index (χ1n) is 7.11. The van der Waals surface area contributed by atoms with Crippen LogP contribution in [0.3, 0.4) is 0 Å². The molecule has 2 heterocycles. The Kier molecular flexibility index (Phi) is 3.46. The first kappa shape index (κ1) is 12.9. The van der Waals surface area contributed by atoms with E-state index in [0.29, 0.717) is 11.6 Å². The van der Waals surface area contributed by atoms with Crippen molar-refractivity contribution in [2.24, 2.45) is 0 Å². The zero-order valence-corrected chi connectivity index (χ0v) is 11.3. The highest BCUT2D eigenvalue weighted by Crippen LogP contribution is 2.31. The summed E-state index contributed by atoms with van der Waals surface area (Å²) in [5.74, 6) is -0.279. The van der Waals surface area contributed by atoms with Gasteiger partial charge in [-0.05, 0) is 44.5 Å². The highest BCUT2D eigenvalue weighted by atomic mass is 19.1. The smallest absolute Gasteiger partial charge is 0.123 e.